The summed E-state index contributed by atoms with van der Waals surface area (Å²) in [5.41, 5.74) is 0.755. The molecule has 0 N–H and O–H groups in total. The zero-order chi connectivity index (χ0) is 9.14. The van der Waals surface area contributed by atoms with Gasteiger partial charge in [-0.05, 0) is 6.07 Å². The van der Waals surface area contributed by atoms with E-state index in [4.69, 9.17) is 0 Å². The molecule has 0 amide bonds. The second-order valence-electron chi connectivity index (χ2n) is 2.78. The average molecular weight is 168 g/mol. The first kappa shape index (κ1) is 8.84. The number of nitrogens with zero attached hydrogens (tertiary/aromatic N) is 1. The first-order valence-electron chi connectivity index (χ1n) is 3.75. The van der Waals surface area contributed by atoms with Gasteiger partial charge in [-0.2, -0.15) is 4.57 Å². The van der Waals surface area contributed by atoms with Crippen LogP contribution >= 0.6 is 0 Å². The van der Waals surface area contributed by atoms with Crippen molar-refractivity contribution in [3.63, 3.8) is 0 Å². The van der Waals surface area contributed by atoms with Crippen molar-refractivity contribution in [1.29, 1.82) is 0 Å². The summed E-state index contributed by atoms with van der Waals surface area (Å²) in [4.78, 5) is 10.7. The molecule has 0 aliphatic carbocycles. The van der Waals surface area contributed by atoms with E-state index >= 15 is 0 Å². The Balaban J connectivity index is 3.04. The van der Waals surface area contributed by atoms with Crippen molar-refractivity contribution in [1.82, 2.24) is 0 Å². The molecule has 0 bridgehead atoms. The predicted octanol–water partition coefficient (Wildman–Crippen LogP) is 1.01. The third kappa shape index (κ3) is 1.87. The number of ketones is 1. The molecule has 0 saturated heterocycles. The van der Waals surface area contributed by atoms with Crippen LogP contribution in [-0.4, -0.2) is 5.78 Å². The standard InChI is InChI=1S/C9H11FNO/c1-7-4-3-5-9(10)11(7)6-8(2)12/h3-5H,6H2,1-2H3/q+1. The molecule has 3 heteroatoms. The normalized spacial score (nSPS) is 9.92. The summed E-state index contributed by atoms with van der Waals surface area (Å²) in [7, 11) is 0. The Kier molecular flexibility index (Phi) is 2.53. The van der Waals surface area contributed by atoms with Gasteiger partial charge in [-0.25, -0.2) is 0 Å². The highest BCUT2D eigenvalue weighted by molar-refractivity contribution is 5.73. The van der Waals surface area contributed by atoms with Gasteiger partial charge in [0.25, 0.3) is 0 Å². The third-order valence-corrected chi connectivity index (χ3v) is 1.64. The van der Waals surface area contributed by atoms with Crippen LogP contribution in [0.1, 0.15) is 12.6 Å². The van der Waals surface area contributed by atoms with Gasteiger partial charge in [0, 0.05) is 26.0 Å². The van der Waals surface area contributed by atoms with E-state index in [1.165, 1.54) is 17.6 Å². The number of carbonyl (C=O) groups is 1. The monoisotopic (exact) mass is 168 g/mol. The summed E-state index contributed by atoms with van der Waals surface area (Å²) >= 11 is 0. The molecule has 64 valence electrons. The van der Waals surface area contributed by atoms with Crippen LogP contribution in [0.25, 0.3) is 0 Å². The molecule has 0 radical (unpaired) electrons. The van der Waals surface area contributed by atoms with Crippen molar-refractivity contribution < 1.29 is 13.8 Å². The largest absolute Gasteiger partial charge is 0.360 e. The molecule has 1 aromatic heterocycles. The van der Waals surface area contributed by atoms with Crippen molar-refractivity contribution >= 4 is 5.78 Å². The molecular formula is C9H11FNO+. The van der Waals surface area contributed by atoms with Gasteiger partial charge in [-0.15, -0.1) is 4.39 Å². The first-order chi connectivity index (χ1) is 5.61. The van der Waals surface area contributed by atoms with Gasteiger partial charge in [0.2, 0.25) is 6.54 Å². The lowest BCUT2D eigenvalue weighted by molar-refractivity contribution is -0.717. The lowest BCUT2D eigenvalue weighted by Crippen LogP contribution is -2.43. The van der Waals surface area contributed by atoms with E-state index < -0.39 is 0 Å². The summed E-state index contributed by atoms with van der Waals surface area (Å²) in [6.07, 6.45) is 0. The van der Waals surface area contributed by atoms with E-state index in [2.05, 4.69) is 0 Å². The summed E-state index contributed by atoms with van der Waals surface area (Å²) in [6, 6.07) is 4.74. The van der Waals surface area contributed by atoms with E-state index in [-0.39, 0.29) is 18.3 Å². The van der Waals surface area contributed by atoms with Crippen LogP contribution in [-0.2, 0) is 11.3 Å². The number of hydrogen-bond donors (Lipinski definition) is 0. The van der Waals surface area contributed by atoms with Gasteiger partial charge in [0.05, 0.1) is 0 Å². The number of hydrogen-bond acceptors (Lipinski definition) is 1. The van der Waals surface area contributed by atoms with Crippen LogP contribution in [0.4, 0.5) is 4.39 Å². The molecular weight excluding hydrogens is 157 g/mol. The Bertz CT molecular complexity index is 289. The summed E-state index contributed by atoms with van der Waals surface area (Å²) < 4.78 is 14.4. The van der Waals surface area contributed by atoms with Crippen molar-refractivity contribution in [2.45, 2.75) is 20.4 Å². The fourth-order valence-electron chi connectivity index (χ4n) is 1.04. The summed E-state index contributed by atoms with van der Waals surface area (Å²) in [6.45, 7) is 3.32. The maximum absolute atomic E-state index is 13.0. The predicted molar refractivity (Wildman–Crippen MR) is 42.0 cm³/mol. The molecule has 2 nitrogen and oxygen atoms in total. The van der Waals surface area contributed by atoms with Gasteiger partial charge < -0.3 is 0 Å². The van der Waals surface area contributed by atoms with Crippen molar-refractivity contribution in [2.75, 3.05) is 0 Å². The van der Waals surface area contributed by atoms with Crippen LogP contribution in [0.15, 0.2) is 18.2 Å². The van der Waals surface area contributed by atoms with E-state index in [1.54, 1.807) is 19.1 Å². The molecule has 0 unspecified atom stereocenters. The molecule has 0 spiro atoms. The highest BCUT2D eigenvalue weighted by Crippen LogP contribution is 1.93. The number of Topliss-reactive ketones (excluding diaryl/α,β-unsaturated/α-hetero) is 1. The average Bonchev–Trinajstić information content (AvgIpc) is 1.97. The van der Waals surface area contributed by atoms with Gasteiger partial charge in [-0.1, -0.05) is 0 Å². The molecule has 0 aromatic carbocycles. The van der Waals surface area contributed by atoms with E-state index in [0.717, 1.165) is 5.69 Å². The van der Waals surface area contributed by atoms with Crippen molar-refractivity contribution in [3.8, 4) is 0 Å². The Labute approximate surface area is 70.6 Å². The lowest BCUT2D eigenvalue weighted by atomic mass is 10.3. The van der Waals surface area contributed by atoms with Gasteiger partial charge in [0.15, 0.2) is 11.5 Å². The molecule has 12 heavy (non-hydrogen) atoms. The SMILES string of the molecule is CC(=O)C[n+]1c(C)cccc1F. The first-order valence-corrected chi connectivity index (χ1v) is 3.75. The number of carbonyl (C=O) groups excluding carboxylic acids is 1. The van der Waals surface area contributed by atoms with Crippen LogP contribution in [0.3, 0.4) is 0 Å². The van der Waals surface area contributed by atoms with Crippen LogP contribution in [0, 0.1) is 12.9 Å². The summed E-state index contributed by atoms with van der Waals surface area (Å²) in [5.74, 6) is -0.418. The highest BCUT2D eigenvalue weighted by atomic mass is 19.1. The quantitative estimate of drug-likeness (QED) is 0.477. The molecule has 0 saturated carbocycles. The van der Waals surface area contributed by atoms with Gasteiger partial charge in [0.1, 0.15) is 0 Å². The van der Waals surface area contributed by atoms with E-state index in [0.29, 0.717) is 0 Å². The van der Waals surface area contributed by atoms with Crippen molar-refractivity contribution in [2.24, 2.45) is 0 Å². The fourth-order valence-corrected chi connectivity index (χ4v) is 1.04. The molecule has 1 heterocycles. The number of halogens is 1. The maximum atomic E-state index is 13.0. The Morgan fingerprint density at radius 2 is 2.25 bits per heavy atom. The Hall–Kier alpha value is -1.25. The zero-order valence-corrected chi connectivity index (χ0v) is 7.17. The topological polar surface area (TPSA) is 20.9 Å². The number of pyridine rings is 1. The lowest BCUT2D eigenvalue weighted by Gasteiger charge is -1.97. The second-order valence-corrected chi connectivity index (χ2v) is 2.78. The van der Waals surface area contributed by atoms with Crippen LogP contribution in [0.5, 0.6) is 0 Å². The van der Waals surface area contributed by atoms with Crippen LogP contribution in [0.2, 0.25) is 0 Å². The molecule has 0 fully saturated rings. The number of aromatic nitrogens is 1. The minimum absolute atomic E-state index is 0.0480. The zero-order valence-electron chi connectivity index (χ0n) is 7.17. The van der Waals surface area contributed by atoms with E-state index in [1.807, 2.05) is 0 Å². The fraction of sp³-hybridized carbons (Fsp3) is 0.333. The molecule has 0 aliphatic heterocycles. The second kappa shape index (κ2) is 3.43. The molecule has 0 atom stereocenters. The smallest absolute Gasteiger partial charge is 0.293 e. The highest BCUT2D eigenvalue weighted by Gasteiger charge is 2.14. The Morgan fingerprint density at radius 3 is 2.75 bits per heavy atom. The number of rotatable bonds is 2. The maximum Gasteiger partial charge on any atom is 0.360 e. The molecule has 1 rings (SSSR count). The van der Waals surface area contributed by atoms with Gasteiger partial charge >= 0.3 is 5.95 Å². The molecule has 0 aliphatic rings. The summed E-state index contributed by atoms with van der Waals surface area (Å²) in [5, 5.41) is 0. The van der Waals surface area contributed by atoms with Crippen LogP contribution < -0.4 is 4.57 Å². The van der Waals surface area contributed by atoms with Gasteiger partial charge in [-0.3, -0.25) is 4.79 Å². The minimum Gasteiger partial charge on any atom is -0.293 e. The third-order valence-electron chi connectivity index (χ3n) is 1.64. The van der Waals surface area contributed by atoms with E-state index in [9.17, 15) is 9.18 Å². The minimum atomic E-state index is -0.370. The number of aryl methyl sites for hydroxylation is 1. The van der Waals surface area contributed by atoms with Crippen molar-refractivity contribution in [3.05, 3.63) is 29.8 Å². The Morgan fingerprint density at radius 1 is 1.58 bits per heavy atom. The molecule has 1 aromatic rings.